The van der Waals surface area contributed by atoms with Crippen molar-refractivity contribution in [3.8, 4) is 0 Å². The van der Waals surface area contributed by atoms with E-state index >= 15 is 0 Å². The highest BCUT2D eigenvalue weighted by Crippen LogP contribution is 2.24. The number of carbonyl (C=O) groups is 2. The Balaban J connectivity index is 1.78. The van der Waals surface area contributed by atoms with E-state index in [9.17, 15) is 9.59 Å². The fourth-order valence-corrected chi connectivity index (χ4v) is 4.37. The van der Waals surface area contributed by atoms with Gasteiger partial charge in [-0.3, -0.25) is 14.5 Å². The summed E-state index contributed by atoms with van der Waals surface area (Å²) in [4.78, 5) is 30.4. The van der Waals surface area contributed by atoms with Crippen molar-refractivity contribution in [3.63, 3.8) is 0 Å². The molecule has 3 rings (SSSR count). The predicted octanol–water partition coefficient (Wildman–Crippen LogP) is 5.90. The van der Waals surface area contributed by atoms with Crippen LogP contribution in [-0.2, 0) is 6.54 Å². The second kappa shape index (κ2) is 11.6. The minimum absolute atomic E-state index is 0.109. The average molecular weight is 450 g/mol. The van der Waals surface area contributed by atoms with Crippen LogP contribution in [0.2, 0.25) is 0 Å². The molecule has 2 aromatic carbocycles. The first kappa shape index (κ1) is 23.7. The van der Waals surface area contributed by atoms with Crippen molar-refractivity contribution in [3.05, 3.63) is 82.0 Å². The highest BCUT2D eigenvalue weighted by molar-refractivity contribution is 7.12. The molecule has 0 spiro atoms. The van der Waals surface area contributed by atoms with Gasteiger partial charge in [-0.25, -0.2) is 0 Å². The van der Waals surface area contributed by atoms with Gasteiger partial charge >= 0.3 is 0 Å². The minimum atomic E-state index is -0.171. The normalized spacial score (nSPS) is 10.9. The van der Waals surface area contributed by atoms with Crippen LogP contribution in [0, 0.1) is 0 Å². The third-order valence-corrected chi connectivity index (χ3v) is 6.11. The van der Waals surface area contributed by atoms with Crippen molar-refractivity contribution in [1.29, 1.82) is 0 Å². The number of hydrogen-bond donors (Lipinski definition) is 1. The maximum Gasteiger partial charge on any atom is 0.265 e. The molecule has 168 valence electrons. The van der Waals surface area contributed by atoms with Crippen LogP contribution in [0.15, 0.2) is 66.0 Å². The Bertz CT molecular complexity index is 1030. The van der Waals surface area contributed by atoms with Gasteiger partial charge in [-0.05, 0) is 67.2 Å². The number of para-hydroxylation sites is 1. The molecule has 0 aliphatic heterocycles. The number of amides is 2. The van der Waals surface area contributed by atoms with Crippen LogP contribution in [0.4, 0.5) is 11.4 Å². The third-order valence-electron chi connectivity index (χ3n) is 5.24. The first-order valence-corrected chi connectivity index (χ1v) is 11.9. The van der Waals surface area contributed by atoms with Gasteiger partial charge in [0.25, 0.3) is 11.8 Å². The predicted molar refractivity (Wildman–Crippen MR) is 134 cm³/mol. The summed E-state index contributed by atoms with van der Waals surface area (Å²) in [5, 5.41) is 4.74. The molecular formula is C26H31N3O2S. The number of anilines is 2. The molecule has 32 heavy (non-hydrogen) atoms. The molecule has 0 atom stereocenters. The summed E-state index contributed by atoms with van der Waals surface area (Å²) >= 11 is 1.38. The molecule has 1 aromatic heterocycles. The number of nitrogens with one attached hydrogen (secondary N) is 1. The van der Waals surface area contributed by atoms with Gasteiger partial charge in [0.05, 0.1) is 4.88 Å². The number of nitrogens with zero attached hydrogens (tertiary/aromatic N) is 2. The van der Waals surface area contributed by atoms with Crippen LogP contribution in [0.1, 0.15) is 52.3 Å². The van der Waals surface area contributed by atoms with Crippen LogP contribution in [-0.4, -0.2) is 36.9 Å². The van der Waals surface area contributed by atoms with Crippen molar-refractivity contribution < 1.29 is 9.59 Å². The Labute approximate surface area is 194 Å². The highest BCUT2D eigenvalue weighted by Gasteiger charge is 2.18. The standard InChI is InChI=1S/C26H31N3O2S/c1-4-15-29(16-5-2)19-21-10-6-7-13-23(21)28(3)26(31)20-11-8-12-22(18-20)27-25(30)24-14-9-17-32-24/h6-14,17-18H,4-5,15-16,19H2,1-3H3,(H,27,30). The van der Waals surface area contributed by atoms with Crippen LogP contribution in [0.3, 0.4) is 0 Å². The molecule has 0 aliphatic carbocycles. The van der Waals surface area contributed by atoms with Crippen molar-refractivity contribution in [2.45, 2.75) is 33.2 Å². The van der Waals surface area contributed by atoms with Gasteiger partial charge in [0.2, 0.25) is 0 Å². The lowest BCUT2D eigenvalue weighted by molar-refractivity contribution is 0.0990. The van der Waals surface area contributed by atoms with Gasteiger partial charge < -0.3 is 10.2 Å². The second-order valence-corrected chi connectivity index (χ2v) is 8.73. The molecule has 0 radical (unpaired) electrons. The number of hydrogen-bond acceptors (Lipinski definition) is 4. The van der Waals surface area contributed by atoms with Crippen LogP contribution in [0.5, 0.6) is 0 Å². The minimum Gasteiger partial charge on any atom is -0.321 e. The molecule has 6 heteroatoms. The molecule has 1 N–H and O–H groups in total. The molecule has 0 unspecified atom stereocenters. The third kappa shape index (κ3) is 6.05. The molecule has 5 nitrogen and oxygen atoms in total. The molecule has 0 bridgehead atoms. The van der Waals surface area contributed by atoms with Gasteiger partial charge in [-0.1, -0.05) is 44.2 Å². The summed E-state index contributed by atoms with van der Waals surface area (Å²) in [5.41, 5.74) is 3.17. The van der Waals surface area contributed by atoms with E-state index in [2.05, 4.69) is 30.1 Å². The lowest BCUT2D eigenvalue weighted by atomic mass is 10.1. The first-order chi connectivity index (χ1) is 15.5. The number of benzene rings is 2. The molecule has 2 amide bonds. The lowest BCUT2D eigenvalue weighted by Crippen LogP contribution is -2.30. The number of rotatable bonds is 10. The van der Waals surface area contributed by atoms with Crippen LogP contribution < -0.4 is 10.2 Å². The van der Waals surface area contributed by atoms with Gasteiger partial charge in [0, 0.05) is 30.5 Å². The Kier molecular flexibility index (Phi) is 8.59. The van der Waals surface area contributed by atoms with Gasteiger partial charge in [0.1, 0.15) is 0 Å². The Morgan fingerprint density at radius 2 is 1.69 bits per heavy atom. The van der Waals surface area contributed by atoms with Crippen LogP contribution >= 0.6 is 11.3 Å². The molecule has 0 saturated heterocycles. The molecule has 0 fully saturated rings. The molecule has 3 aromatic rings. The topological polar surface area (TPSA) is 52.6 Å². The monoisotopic (exact) mass is 449 g/mol. The smallest absolute Gasteiger partial charge is 0.265 e. The molecule has 0 aliphatic rings. The fraction of sp³-hybridized carbons (Fsp3) is 0.308. The summed E-state index contributed by atoms with van der Waals surface area (Å²) in [6.07, 6.45) is 2.20. The van der Waals surface area contributed by atoms with Crippen molar-refractivity contribution >= 4 is 34.5 Å². The van der Waals surface area contributed by atoms with Crippen molar-refractivity contribution in [1.82, 2.24) is 4.90 Å². The molecule has 0 saturated carbocycles. The van der Waals surface area contributed by atoms with Gasteiger partial charge in [-0.15, -0.1) is 11.3 Å². The van der Waals surface area contributed by atoms with E-state index in [1.54, 1.807) is 35.2 Å². The zero-order valence-corrected chi connectivity index (χ0v) is 19.8. The Hall–Kier alpha value is -2.96. The summed E-state index contributed by atoms with van der Waals surface area (Å²) in [6.45, 7) is 7.26. The molecular weight excluding hydrogens is 418 g/mol. The number of carbonyl (C=O) groups excluding carboxylic acids is 2. The summed E-state index contributed by atoms with van der Waals surface area (Å²) in [5.74, 6) is -0.280. The van der Waals surface area contributed by atoms with E-state index in [0.29, 0.717) is 16.1 Å². The van der Waals surface area contributed by atoms with E-state index in [0.717, 1.165) is 43.7 Å². The fourth-order valence-electron chi connectivity index (χ4n) is 3.75. The van der Waals surface area contributed by atoms with E-state index in [4.69, 9.17) is 0 Å². The molecule has 1 heterocycles. The van der Waals surface area contributed by atoms with E-state index in [1.807, 2.05) is 36.7 Å². The summed E-state index contributed by atoms with van der Waals surface area (Å²) in [6, 6.07) is 18.8. The van der Waals surface area contributed by atoms with E-state index in [1.165, 1.54) is 11.3 Å². The highest BCUT2D eigenvalue weighted by atomic mass is 32.1. The maximum absolute atomic E-state index is 13.3. The first-order valence-electron chi connectivity index (χ1n) is 11.1. The van der Waals surface area contributed by atoms with E-state index in [-0.39, 0.29) is 11.8 Å². The van der Waals surface area contributed by atoms with Crippen molar-refractivity contribution in [2.24, 2.45) is 0 Å². The summed E-state index contributed by atoms with van der Waals surface area (Å²) in [7, 11) is 1.81. The van der Waals surface area contributed by atoms with Crippen LogP contribution in [0.25, 0.3) is 0 Å². The zero-order valence-electron chi connectivity index (χ0n) is 19.0. The number of thiophene rings is 1. The SMILES string of the molecule is CCCN(CCC)Cc1ccccc1N(C)C(=O)c1cccc(NC(=O)c2cccs2)c1. The lowest BCUT2D eigenvalue weighted by Gasteiger charge is -2.26. The van der Waals surface area contributed by atoms with Gasteiger partial charge in [0.15, 0.2) is 0 Å². The Morgan fingerprint density at radius 3 is 2.38 bits per heavy atom. The Morgan fingerprint density at radius 1 is 0.938 bits per heavy atom. The largest absolute Gasteiger partial charge is 0.321 e. The quantitative estimate of drug-likeness (QED) is 0.419. The van der Waals surface area contributed by atoms with Crippen molar-refractivity contribution in [2.75, 3.05) is 30.4 Å². The van der Waals surface area contributed by atoms with E-state index < -0.39 is 0 Å². The summed E-state index contributed by atoms with van der Waals surface area (Å²) < 4.78 is 0. The zero-order chi connectivity index (χ0) is 22.9. The second-order valence-electron chi connectivity index (χ2n) is 7.78. The average Bonchev–Trinajstić information content (AvgIpc) is 3.34. The maximum atomic E-state index is 13.3. The van der Waals surface area contributed by atoms with Gasteiger partial charge in [-0.2, -0.15) is 0 Å².